The van der Waals surface area contributed by atoms with Crippen LogP contribution in [-0.2, 0) is 49.7 Å². The van der Waals surface area contributed by atoms with Gasteiger partial charge >= 0.3 is 30.2 Å². The van der Waals surface area contributed by atoms with E-state index in [2.05, 4.69) is 10.1 Å². The maximum absolute atomic E-state index is 12.8. The van der Waals surface area contributed by atoms with Crippen molar-refractivity contribution in [1.29, 1.82) is 0 Å². The fourth-order valence-corrected chi connectivity index (χ4v) is 6.73. The fourth-order valence-electron chi connectivity index (χ4n) is 4.31. The average molecular weight is 656 g/mol. The SMILES string of the molecule is CCC(=O)OC1[C@@H](COP(=S)(NC(C)C(=O)OC(C)C)Oc2ccccc2)O[C@@H](n2ccc(=O)[nH]c2=O)C1(C)OC(=O)CC. The van der Waals surface area contributed by atoms with E-state index in [4.69, 9.17) is 39.8 Å². The molecule has 0 radical (unpaired) electrons. The number of carbonyl (C=O) groups excluding carboxylic acids is 3. The summed E-state index contributed by atoms with van der Waals surface area (Å²) in [5, 5.41) is 2.92. The van der Waals surface area contributed by atoms with Crippen molar-refractivity contribution in [3.63, 3.8) is 0 Å². The fraction of sp³-hybridized carbons (Fsp3) is 0.536. The molecule has 0 saturated carbocycles. The van der Waals surface area contributed by atoms with E-state index in [9.17, 15) is 24.0 Å². The van der Waals surface area contributed by atoms with E-state index >= 15 is 0 Å². The molecular formula is C28H38N3O11PS. The highest BCUT2D eigenvalue weighted by atomic mass is 32.5. The molecule has 2 aromatic rings. The molecule has 1 aromatic carbocycles. The Morgan fingerprint density at radius 3 is 2.34 bits per heavy atom. The summed E-state index contributed by atoms with van der Waals surface area (Å²) >= 11 is 5.78. The summed E-state index contributed by atoms with van der Waals surface area (Å²) in [4.78, 5) is 64.5. The molecule has 0 aliphatic carbocycles. The van der Waals surface area contributed by atoms with Gasteiger partial charge in [0.05, 0.1) is 12.7 Å². The number of nitrogens with zero attached hydrogens (tertiary/aromatic N) is 1. The summed E-state index contributed by atoms with van der Waals surface area (Å²) in [5.74, 6) is -1.53. The van der Waals surface area contributed by atoms with Crippen molar-refractivity contribution < 1.29 is 42.4 Å². The number of aromatic nitrogens is 2. The molecule has 1 aliphatic heterocycles. The van der Waals surface area contributed by atoms with Crippen LogP contribution in [0.15, 0.2) is 52.2 Å². The predicted molar refractivity (Wildman–Crippen MR) is 161 cm³/mol. The minimum absolute atomic E-state index is 0.0166. The van der Waals surface area contributed by atoms with E-state index in [0.717, 1.165) is 10.6 Å². The number of esters is 3. The number of benzene rings is 1. The third-order valence-electron chi connectivity index (χ3n) is 6.40. The summed E-state index contributed by atoms with van der Waals surface area (Å²) in [7, 11) is 0. The van der Waals surface area contributed by atoms with Crippen molar-refractivity contribution in [2.24, 2.45) is 0 Å². The maximum Gasteiger partial charge on any atom is 0.330 e. The van der Waals surface area contributed by atoms with E-state index in [0.29, 0.717) is 5.75 Å². The first kappa shape index (κ1) is 35.1. The molecular weight excluding hydrogens is 617 g/mol. The molecule has 0 bridgehead atoms. The number of hydrogen-bond donors (Lipinski definition) is 2. The van der Waals surface area contributed by atoms with Gasteiger partial charge in [0.15, 0.2) is 17.9 Å². The lowest BCUT2D eigenvalue weighted by Gasteiger charge is -2.34. The van der Waals surface area contributed by atoms with Gasteiger partial charge in [-0.1, -0.05) is 32.0 Å². The molecule has 242 valence electrons. The quantitative estimate of drug-likeness (QED) is 0.173. The number of nitrogens with one attached hydrogen (secondary N) is 2. The van der Waals surface area contributed by atoms with Crippen LogP contribution in [0.2, 0.25) is 0 Å². The lowest BCUT2D eigenvalue weighted by Crippen LogP contribution is -2.52. The molecule has 0 amide bonds. The monoisotopic (exact) mass is 655 g/mol. The smallest absolute Gasteiger partial charge is 0.330 e. The van der Waals surface area contributed by atoms with E-state index in [1.807, 2.05) is 0 Å². The first-order valence-electron chi connectivity index (χ1n) is 14.1. The first-order chi connectivity index (χ1) is 20.7. The van der Waals surface area contributed by atoms with Gasteiger partial charge in [0.2, 0.25) is 0 Å². The number of ether oxygens (including phenoxy) is 4. The second-order valence-corrected chi connectivity index (χ2v) is 13.5. The number of aromatic amines is 1. The van der Waals surface area contributed by atoms with Crippen LogP contribution in [-0.4, -0.2) is 64.0 Å². The summed E-state index contributed by atoms with van der Waals surface area (Å²) in [6.07, 6.45) is -3.05. The molecule has 14 nitrogen and oxygen atoms in total. The molecule has 1 aliphatic rings. The second-order valence-electron chi connectivity index (χ2n) is 10.4. The molecule has 2 N–H and O–H groups in total. The van der Waals surface area contributed by atoms with Crippen LogP contribution >= 0.6 is 6.64 Å². The van der Waals surface area contributed by atoms with E-state index in [1.54, 1.807) is 65.0 Å². The Hall–Kier alpha value is -3.36. The first-order valence-corrected chi connectivity index (χ1v) is 16.7. The van der Waals surface area contributed by atoms with E-state index in [1.165, 1.54) is 13.1 Å². The van der Waals surface area contributed by atoms with Crippen molar-refractivity contribution in [1.82, 2.24) is 14.6 Å². The molecule has 3 rings (SSSR count). The third kappa shape index (κ3) is 8.85. The lowest BCUT2D eigenvalue weighted by atomic mass is 9.95. The highest BCUT2D eigenvalue weighted by Crippen LogP contribution is 2.48. The van der Waals surface area contributed by atoms with Crippen molar-refractivity contribution in [2.75, 3.05) is 6.61 Å². The van der Waals surface area contributed by atoms with E-state index in [-0.39, 0.29) is 18.9 Å². The molecule has 1 saturated heterocycles. The molecule has 2 heterocycles. The molecule has 4 unspecified atom stereocenters. The highest BCUT2D eigenvalue weighted by Gasteiger charge is 2.60. The van der Waals surface area contributed by atoms with Crippen molar-refractivity contribution in [3.05, 3.63) is 63.4 Å². The van der Waals surface area contributed by atoms with Crippen molar-refractivity contribution >= 4 is 36.4 Å². The summed E-state index contributed by atoms with van der Waals surface area (Å²) < 4.78 is 36.2. The third-order valence-corrected chi connectivity index (χ3v) is 8.90. The molecule has 1 fully saturated rings. The van der Waals surface area contributed by atoms with Crippen LogP contribution < -0.4 is 20.9 Å². The molecule has 44 heavy (non-hydrogen) atoms. The molecule has 16 heteroatoms. The van der Waals surface area contributed by atoms with Gasteiger partial charge in [0, 0.05) is 25.1 Å². The number of para-hydroxylation sites is 1. The second kappa shape index (κ2) is 15.1. The number of H-pyrrole nitrogens is 1. The van der Waals surface area contributed by atoms with Gasteiger partial charge in [0.1, 0.15) is 17.9 Å². The van der Waals surface area contributed by atoms with Gasteiger partial charge < -0.3 is 28.0 Å². The Kier molecular flexibility index (Phi) is 12.0. The van der Waals surface area contributed by atoms with Crippen LogP contribution in [0, 0.1) is 0 Å². The Morgan fingerprint density at radius 1 is 1.09 bits per heavy atom. The lowest BCUT2D eigenvalue weighted by molar-refractivity contribution is -0.187. The zero-order valence-electron chi connectivity index (χ0n) is 25.3. The average Bonchev–Trinajstić information content (AvgIpc) is 3.22. The van der Waals surface area contributed by atoms with Gasteiger partial charge in [-0.05, 0) is 51.6 Å². The summed E-state index contributed by atoms with van der Waals surface area (Å²) in [6, 6.07) is 8.70. The van der Waals surface area contributed by atoms with Gasteiger partial charge in [-0.2, -0.15) is 0 Å². The Labute approximate surface area is 259 Å². The number of carbonyl (C=O) groups is 3. The van der Waals surface area contributed by atoms with Crippen LogP contribution in [0.5, 0.6) is 5.75 Å². The van der Waals surface area contributed by atoms with Crippen molar-refractivity contribution in [3.8, 4) is 5.75 Å². The topological polar surface area (TPSA) is 173 Å². The van der Waals surface area contributed by atoms with Crippen LogP contribution in [0.4, 0.5) is 0 Å². The number of hydrogen-bond acceptors (Lipinski definition) is 12. The van der Waals surface area contributed by atoms with Crippen molar-refractivity contribution in [2.45, 2.75) is 90.6 Å². The molecule has 0 spiro atoms. The van der Waals surface area contributed by atoms with Gasteiger partial charge in [-0.25, -0.2) is 9.88 Å². The minimum Gasteiger partial charge on any atom is -0.462 e. The minimum atomic E-state index is -3.56. The highest BCUT2D eigenvalue weighted by molar-refractivity contribution is 8.09. The Morgan fingerprint density at radius 2 is 1.75 bits per heavy atom. The molecule has 1 aromatic heterocycles. The van der Waals surface area contributed by atoms with Crippen LogP contribution in [0.1, 0.15) is 60.6 Å². The molecule has 6 atom stereocenters. The zero-order valence-corrected chi connectivity index (χ0v) is 27.1. The maximum atomic E-state index is 12.8. The summed E-state index contributed by atoms with van der Waals surface area (Å²) in [6.45, 7) is 5.62. The zero-order chi connectivity index (χ0) is 32.7. The van der Waals surface area contributed by atoms with Gasteiger partial charge in [-0.15, -0.1) is 0 Å². The number of rotatable bonds is 14. The Bertz CT molecular complexity index is 1480. The van der Waals surface area contributed by atoms with E-state index < -0.39 is 72.5 Å². The normalized spacial score (nSPS) is 23.4. The Balaban J connectivity index is 2.01. The largest absolute Gasteiger partial charge is 0.462 e. The standard InChI is InChI=1S/C28H38N3O11PS/c1-7-22(33)40-24-20(39-26(28(24,6)41-23(34)8-2)31-15-14-21(32)29-27(31)36)16-37-43(44,42-19-12-10-9-11-13-19)30-18(5)25(35)38-17(3)4/h9-15,17-18,20,24,26H,7-8,16H2,1-6H3,(H,30,44)(H,29,32,36)/t18?,20-,24?,26-,28?,43?/m1/s1. The van der Waals surface area contributed by atoms with Gasteiger partial charge in [-0.3, -0.25) is 28.7 Å². The van der Waals surface area contributed by atoms with Crippen LogP contribution in [0.3, 0.4) is 0 Å². The predicted octanol–water partition coefficient (Wildman–Crippen LogP) is 2.72. The summed E-state index contributed by atoms with van der Waals surface area (Å²) in [5.41, 5.74) is -3.25. The van der Waals surface area contributed by atoms with Gasteiger partial charge in [0.25, 0.3) is 5.56 Å². The van der Waals surface area contributed by atoms with Crippen LogP contribution in [0.25, 0.3) is 0 Å².